The number of likely N-dealkylation sites (tertiary alicyclic amines) is 2. The van der Waals surface area contributed by atoms with Gasteiger partial charge >= 0.3 is 6.09 Å². The van der Waals surface area contributed by atoms with Gasteiger partial charge in [0.15, 0.2) is 0 Å². The van der Waals surface area contributed by atoms with Gasteiger partial charge in [0.25, 0.3) is 11.8 Å². The van der Waals surface area contributed by atoms with Gasteiger partial charge in [0.2, 0.25) is 5.91 Å². The number of methoxy groups -OCH3 is 1. The lowest BCUT2D eigenvalue weighted by Crippen LogP contribution is -2.54. The molecule has 2 aromatic rings. The SMILES string of the molecule is COc1ccc(CN2C(=O)CCC(N3Cc4cc(O[C@@H]5CN(C(=O)OC(C)(C)C)C[C@@H]5C)ccc4C3=O)C2=O)cc1. The Labute approximate surface area is 240 Å². The lowest BCUT2D eigenvalue weighted by atomic mass is 10.0. The Bertz CT molecular complexity index is 1350. The van der Waals surface area contributed by atoms with Crippen LogP contribution >= 0.6 is 0 Å². The summed E-state index contributed by atoms with van der Waals surface area (Å²) in [6, 6.07) is 11.8. The molecule has 4 amide bonds. The minimum atomic E-state index is -0.715. The molecule has 3 aliphatic rings. The van der Waals surface area contributed by atoms with E-state index in [9.17, 15) is 19.2 Å². The summed E-state index contributed by atoms with van der Waals surface area (Å²) < 4.78 is 17.0. The van der Waals surface area contributed by atoms with Crippen LogP contribution < -0.4 is 9.47 Å². The maximum atomic E-state index is 13.5. The Morgan fingerprint density at radius 1 is 1.00 bits per heavy atom. The van der Waals surface area contributed by atoms with E-state index in [-0.39, 0.29) is 55.3 Å². The predicted molar refractivity (Wildman–Crippen MR) is 149 cm³/mol. The average molecular weight is 564 g/mol. The van der Waals surface area contributed by atoms with Crippen LogP contribution in [0.25, 0.3) is 0 Å². The molecule has 0 aromatic heterocycles. The number of fused-ring (bicyclic) bond motifs is 1. The molecule has 1 unspecified atom stereocenters. The third-order valence-electron chi connectivity index (χ3n) is 7.75. The normalized spacial score (nSPS) is 22.7. The Morgan fingerprint density at radius 3 is 2.39 bits per heavy atom. The molecule has 218 valence electrons. The van der Waals surface area contributed by atoms with Gasteiger partial charge in [-0.15, -0.1) is 0 Å². The van der Waals surface area contributed by atoms with Crippen molar-refractivity contribution in [2.24, 2.45) is 5.92 Å². The largest absolute Gasteiger partial charge is 0.497 e. The summed E-state index contributed by atoms with van der Waals surface area (Å²) >= 11 is 0. The number of nitrogens with zero attached hydrogens (tertiary/aromatic N) is 3. The first-order chi connectivity index (χ1) is 19.4. The predicted octanol–water partition coefficient (Wildman–Crippen LogP) is 4.00. The Hall–Kier alpha value is -4.08. The first-order valence-electron chi connectivity index (χ1n) is 14.0. The quantitative estimate of drug-likeness (QED) is 0.489. The minimum absolute atomic E-state index is 0.1000. The molecule has 3 atom stereocenters. The van der Waals surface area contributed by atoms with Gasteiger partial charge in [0.05, 0.1) is 20.2 Å². The van der Waals surface area contributed by atoms with Crippen LogP contribution in [0.2, 0.25) is 0 Å². The molecule has 0 bridgehead atoms. The highest BCUT2D eigenvalue weighted by Crippen LogP contribution is 2.33. The van der Waals surface area contributed by atoms with Crippen molar-refractivity contribution in [2.75, 3.05) is 20.2 Å². The Morgan fingerprint density at radius 2 is 1.71 bits per heavy atom. The summed E-state index contributed by atoms with van der Waals surface area (Å²) in [5.74, 6) is 0.559. The van der Waals surface area contributed by atoms with Crippen LogP contribution in [0, 0.1) is 5.92 Å². The Balaban J connectivity index is 1.25. The van der Waals surface area contributed by atoms with Crippen LogP contribution in [0.3, 0.4) is 0 Å². The van der Waals surface area contributed by atoms with Crippen molar-refractivity contribution in [3.05, 3.63) is 59.2 Å². The summed E-state index contributed by atoms with van der Waals surface area (Å²) in [5.41, 5.74) is 1.53. The molecular weight excluding hydrogens is 526 g/mol. The summed E-state index contributed by atoms with van der Waals surface area (Å²) in [5, 5.41) is 0. The van der Waals surface area contributed by atoms with E-state index in [1.165, 1.54) is 4.90 Å². The molecule has 2 saturated heterocycles. The van der Waals surface area contributed by atoms with Crippen LogP contribution in [0.5, 0.6) is 11.5 Å². The van der Waals surface area contributed by atoms with Crippen molar-refractivity contribution in [3.63, 3.8) is 0 Å². The van der Waals surface area contributed by atoms with Crippen LogP contribution in [-0.4, -0.2) is 76.5 Å². The molecule has 2 fully saturated rings. The molecule has 2 aromatic carbocycles. The average Bonchev–Trinajstić information content (AvgIpc) is 3.45. The molecular formula is C31H37N3O7. The smallest absolute Gasteiger partial charge is 0.410 e. The fraction of sp³-hybridized carbons (Fsp3) is 0.484. The molecule has 0 saturated carbocycles. The first-order valence-corrected chi connectivity index (χ1v) is 14.0. The summed E-state index contributed by atoms with van der Waals surface area (Å²) in [7, 11) is 1.58. The van der Waals surface area contributed by atoms with Gasteiger partial charge in [-0.05, 0) is 68.7 Å². The van der Waals surface area contributed by atoms with E-state index in [0.717, 1.165) is 11.1 Å². The summed E-state index contributed by atoms with van der Waals surface area (Å²) in [4.78, 5) is 56.5. The highest BCUT2D eigenvalue weighted by atomic mass is 16.6. The number of carbonyl (C=O) groups is 4. The van der Waals surface area contributed by atoms with Crippen LogP contribution in [0.1, 0.15) is 62.0 Å². The van der Waals surface area contributed by atoms with Gasteiger partial charge in [-0.25, -0.2) is 4.79 Å². The second-order valence-electron chi connectivity index (χ2n) is 12.0. The van der Waals surface area contributed by atoms with Crippen LogP contribution in [0.4, 0.5) is 4.79 Å². The van der Waals surface area contributed by atoms with Crippen molar-refractivity contribution in [3.8, 4) is 11.5 Å². The molecule has 0 radical (unpaired) electrons. The van der Waals surface area contributed by atoms with E-state index in [4.69, 9.17) is 14.2 Å². The summed E-state index contributed by atoms with van der Waals surface area (Å²) in [6.07, 6.45) is -0.0946. The third-order valence-corrected chi connectivity index (χ3v) is 7.75. The number of amides is 4. The number of hydrogen-bond donors (Lipinski definition) is 0. The van der Waals surface area contributed by atoms with E-state index in [1.54, 1.807) is 41.2 Å². The maximum Gasteiger partial charge on any atom is 0.410 e. The number of ether oxygens (including phenoxy) is 3. The molecule has 0 aliphatic carbocycles. The molecule has 41 heavy (non-hydrogen) atoms. The van der Waals surface area contributed by atoms with Crippen molar-refractivity contribution in [1.29, 1.82) is 0 Å². The van der Waals surface area contributed by atoms with Gasteiger partial charge in [0, 0.05) is 31.0 Å². The zero-order valence-corrected chi connectivity index (χ0v) is 24.2. The van der Waals surface area contributed by atoms with E-state index >= 15 is 0 Å². The number of carbonyl (C=O) groups excluding carboxylic acids is 4. The fourth-order valence-electron chi connectivity index (χ4n) is 5.58. The standard InChI is InChI=1S/C31H37N3O7/c1-19-15-32(30(38)41-31(2,3)4)18-26(19)40-23-10-11-24-21(14-23)17-33(28(24)36)25-12-13-27(35)34(29(25)37)16-20-6-8-22(39-5)9-7-20/h6-11,14,19,25-26H,12-13,15-18H2,1-5H3/t19-,25?,26+/m0/s1. The number of benzene rings is 2. The van der Waals surface area contributed by atoms with Gasteiger partial charge < -0.3 is 24.0 Å². The number of piperidine rings is 1. The maximum absolute atomic E-state index is 13.5. The van der Waals surface area contributed by atoms with E-state index in [1.807, 2.05) is 45.9 Å². The van der Waals surface area contributed by atoms with Gasteiger partial charge in [-0.3, -0.25) is 19.3 Å². The monoisotopic (exact) mass is 563 g/mol. The number of imide groups is 1. The molecule has 3 aliphatic heterocycles. The third kappa shape index (κ3) is 6.01. The second-order valence-corrected chi connectivity index (χ2v) is 12.0. The highest BCUT2D eigenvalue weighted by Gasteiger charge is 2.43. The second kappa shape index (κ2) is 11.1. The lowest BCUT2D eigenvalue weighted by molar-refractivity contribution is -0.153. The molecule has 0 N–H and O–H groups in total. The Kier molecular flexibility index (Phi) is 7.68. The van der Waals surface area contributed by atoms with E-state index < -0.39 is 11.6 Å². The van der Waals surface area contributed by atoms with Crippen molar-refractivity contribution in [2.45, 2.75) is 71.4 Å². The zero-order valence-electron chi connectivity index (χ0n) is 24.2. The van der Waals surface area contributed by atoms with Gasteiger partial charge in [0.1, 0.15) is 29.2 Å². The highest BCUT2D eigenvalue weighted by molar-refractivity contribution is 6.05. The molecule has 10 heteroatoms. The zero-order chi connectivity index (χ0) is 29.5. The topological polar surface area (TPSA) is 106 Å². The van der Waals surface area contributed by atoms with Crippen molar-refractivity contribution in [1.82, 2.24) is 14.7 Å². The van der Waals surface area contributed by atoms with Gasteiger partial charge in [-0.2, -0.15) is 0 Å². The van der Waals surface area contributed by atoms with E-state index in [0.29, 0.717) is 36.6 Å². The van der Waals surface area contributed by atoms with Gasteiger partial charge in [-0.1, -0.05) is 19.1 Å². The van der Waals surface area contributed by atoms with Crippen LogP contribution in [0.15, 0.2) is 42.5 Å². The van der Waals surface area contributed by atoms with Crippen molar-refractivity contribution >= 4 is 23.8 Å². The molecule has 0 spiro atoms. The van der Waals surface area contributed by atoms with E-state index in [2.05, 4.69) is 0 Å². The minimum Gasteiger partial charge on any atom is -0.497 e. The summed E-state index contributed by atoms with van der Waals surface area (Å²) in [6.45, 7) is 8.89. The molecule has 10 nitrogen and oxygen atoms in total. The number of rotatable bonds is 6. The fourth-order valence-corrected chi connectivity index (χ4v) is 5.58. The van der Waals surface area contributed by atoms with Crippen molar-refractivity contribution < 1.29 is 33.4 Å². The lowest BCUT2D eigenvalue weighted by Gasteiger charge is -2.35. The first kappa shape index (κ1) is 28.4. The molecule has 3 heterocycles. The number of hydrogen-bond acceptors (Lipinski definition) is 7. The molecule has 5 rings (SSSR count). The van der Waals surface area contributed by atoms with Crippen LogP contribution in [-0.2, 0) is 27.4 Å².